The van der Waals surface area contributed by atoms with Crippen molar-refractivity contribution in [3.63, 3.8) is 0 Å². The van der Waals surface area contributed by atoms with E-state index < -0.39 is 17.4 Å². The number of ether oxygens (including phenoxy) is 1. The first-order valence-electron chi connectivity index (χ1n) is 20.8. The first-order chi connectivity index (χ1) is 24.3. The minimum Gasteiger partial charge on any atom is -0.481 e. The molecule has 0 spiro atoms. The third-order valence-corrected chi connectivity index (χ3v) is 17.6. The second-order valence-corrected chi connectivity index (χ2v) is 20.7. The van der Waals surface area contributed by atoms with E-state index in [0.717, 1.165) is 77.0 Å². The molecule has 0 aromatic heterocycles. The SMILES string of the molecule is C=C(C)[C@@H]1CC[C@]2(C(=O)NC3CCCc4ccccc43)CC[C@]3(C)[C@H](CC[C@@H]4[C@@]5(C)CC[C@H](OC(=O)CC(C)(C)C(=O)O)C(C)(C)[C@@H]5CC[C@]43C)[C@@H]12. The van der Waals surface area contributed by atoms with E-state index in [-0.39, 0.29) is 45.6 Å². The number of nitrogens with one attached hydrogen (secondary N) is 1. The van der Waals surface area contributed by atoms with Crippen molar-refractivity contribution < 1.29 is 24.2 Å². The topological polar surface area (TPSA) is 92.7 Å². The lowest BCUT2D eigenvalue weighted by Gasteiger charge is -2.72. The van der Waals surface area contributed by atoms with Gasteiger partial charge in [-0.05, 0) is 161 Å². The number of aliphatic carboxylic acids is 1. The van der Waals surface area contributed by atoms with Crippen LogP contribution in [-0.2, 0) is 25.5 Å². The van der Waals surface area contributed by atoms with Crippen LogP contribution in [0.1, 0.15) is 156 Å². The molecule has 6 aliphatic rings. The van der Waals surface area contributed by atoms with Gasteiger partial charge in [-0.15, -0.1) is 0 Å². The molecule has 52 heavy (non-hydrogen) atoms. The summed E-state index contributed by atoms with van der Waals surface area (Å²) >= 11 is 0. The summed E-state index contributed by atoms with van der Waals surface area (Å²) < 4.78 is 6.19. The number of hydrogen-bond donors (Lipinski definition) is 2. The quantitative estimate of drug-likeness (QED) is 0.217. The Balaban J connectivity index is 1.15. The summed E-state index contributed by atoms with van der Waals surface area (Å²) in [5.74, 6) is 1.12. The fourth-order valence-electron chi connectivity index (χ4n) is 14.6. The number of carbonyl (C=O) groups excluding carboxylic acids is 2. The molecule has 0 heterocycles. The van der Waals surface area contributed by atoms with Crippen LogP contribution in [0.4, 0.5) is 0 Å². The highest BCUT2D eigenvalue weighted by molar-refractivity contribution is 5.84. The van der Waals surface area contributed by atoms with Gasteiger partial charge >= 0.3 is 11.9 Å². The molecular weight excluding hydrogens is 647 g/mol. The van der Waals surface area contributed by atoms with E-state index in [2.05, 4.69) is 77.7 Å². The second-order valence-electron chi connectivity index (χ2n) is 20.7. The van der Waals surface area contributed by atoms with E-state index in [1.807, 2.05) is 0 Å². The van der Waals surface area contributed by atoms with Gasteiger partial charge in [0.15, 0.2) is 0 Å². The van der Waals surface area contributed by atoms with Gasteiger partial charge in [0, 0.05) is 5.41 Å². The summed E-state index contributed by atoms with van der Waals surface area (Å²) in [5, 5.41) is 13.3. The lowest BCUT2D eigenvalue weighted by atomic mass is 9.32. The summed E-state index contributed by atoms with van der Waals surface area (Å²) in [7, 11) is 0. The molecule has 0 radical (unpaired) electrons. The third-order valence-electron chi connectivity index (χ3n) is 17.6. The Morgan fingerprint density at radius 1 is 0.885 bits per heavy atom. The molecule has 6 nitrogen and oxygen atoms in total. The van der Waals surface area contributed by atoms with Gasteiger partial charge in [0.25, 0.3) is 0 Å². The summed E-state index contributed by atoms with van der Waals surface area (Å²) in [5.41, 5.74) is 2.69. The van der Waals surface area contributed by atoms with Gasteiger partial charge in [-0.3, -0.25) is 14.4 Å². The highest BCUT2D eigenvalue weighted by atomic mass is 16.5. The molecule has 2 N–H and O–H groups in total. The van der Waals surface area contributed by atoms with Crippen molar-refractivity contribution in [2.45, 2.75) is 157 Å². The summed E-state index contributed by atoms with van der Waals surface area (Å²) in [6, 6.07) is 8.84. The van der Waals surface area contributed by atoms with Crippen molar-refractivity contribution >= 4 is 17.8 Å². The van der Waals surface area contributed by atoms with Gasteiger partial charge in [0.05, 0.1) is 23.3 Å². The van der Waals surface area contributed by atoms with Crippen molar-refractivity contribution in [3.8, 4) is 0 Å². The van der Waals surface area contributed by atoms with Crippen LogP contribution in [0.2, 0.25) is 0 Å². The summed E-state index contributed by atoms with van der Waals surface area (Å²) in [4.78, 5) is 39.8. The lowest BCUT2D eigenvalue weighted by molar-refractivity contribution is -0.249. The normalized spacial score (nSPS) is 42.0. The smallest absolute Gasteiger partial charge is 0.309 e. The van der Waals surface area contributed by atoms with Crippen LogP contribution in [0, 0.1) is 62.1 Å². The average molecular weight is 714 g/mol. The van der Waals surface area contributed by atoms with Crippen molar-refractivity contribution in [1.29, 1.82) is 0 Å². The van der Waals surface area contributed by atoms with Gasteiger partial charge in [-0.25, -0.2) is 0 Å². The number of carbonyl (C=O) groups is 3. The number of carboxylic acid groups (broad SMARTS) is 1. The Hall–Kier alpha value is -2.63. The molecule has 0 saturated heterocycles. The average Bonchev–Trinajstić information content (AvgIpc) is 3.48. The van der Waals surface area contributed by atoms with Crippen molar-refractivity contribution in [2.75, 3.05) is 0 Å². The molecule has 1 aromatic rings. The van der Waals surface area contributed by atoms with Crippen LogP contribution in [0.15, 0.2) is 36.4 Å². The van der Waals surface area contributed by atoms with Gasteiger partial charge in [0.1, 0.15) is 6.10 Å². The maximum Gasteiger partial charge on any atom is 0.309 e. The van der Waals surface area contributed by atoms with E-state index in [0.29, 0.717) is 35.5 Å². The first kappa shape index (κ1) is 37.7. The number of fused-ring (bicyclic) bond motifs is 8. The van der Waals surface area contributed by atoms with Crippen molar-refractivity contribution in [2.24, 2.45) is 62.1 Å². The molecule has 6 aliphatic carbocycles. The zero-order chi connectivity index (χ0) is 37.6. The number of esters is 1. The molecule has 0 aliphatic heterocycles. The van der Waals surface area contributed by atoms with Gasteiger partial charge in [-0.2, -0.15) is 0 Å². The van der Waals surface area contributed by atoms with Crippen molar-refractivity contribution in [3.05, 3.63) is 47.5 Å². The van der Waals surface area contributed by atoms with Gasteiger partial charge in [-0.1, -0.05) is 71.0 Å². The Bertz CT molecular complexity index is 1630. The molecule has 5 saturated carbocycles. The summed E-state index contributed by atoms with van der Waals surface area (Å²) in [6.45, 7) is 22.4. The highest BCUT2D eigenvalue weighted by Crippen LogP contribution is 2.77. The molecule has 1 aromatic carbocycles. The number of allylic oxidation sites excluding steroid dienone is 1. The van der Waals surface area contributed by atoms with E-state index in [9.17, 15) is 19.5 Å². The second kappa shape index (κ2) is 12.7. The molecule has 286 valence electrons. The monoisotopic (exact) mass is 714 g/mol. The van der Waals surface area contributed by atoms with Gasteiger partial charge in [0.2, 0.25) is 5.91 Å². The maximum absolute atomic E-state index is 14.9. The number of carboxylic acids is 1. The molecule has 0 bridgehead atoms. The number of rotatable bonds is 7. The van der Waals surface area contributed by atoms with Crippen LogP contribution < -0.4 is 5.32 Å². The van der Waals surface area contributed by atoms with E-state index in [1.54, 1.807) is 13.8 Å². The van der Waals surface area contributed by atoms with Gasteiger partial charge < -0.3 is 15.2 Å². The van der Waals surface area contributed by atoms with Crippen LogP contribution in [-0.4, -0.2) is 29.1 Å². The first-order valence-corrected chi connectivity index (χ1v) is 20.8. The highest BCUT2D eigenvalue weighted by Gasteiger charge is 2.72. The Kier molecular flexibility index (Phi) is 9.22. The lowest BCUT2D eigenvalue weighted by Crippen LogP contribution is -2.67. The largest absolute Gasteiger partial charge is 0.481 e. The third kappa shape index (κ3) is 5.48. The van der Waals surface area contributed by atoms with Crippen LogP contribution in [0.3, 0.4) is 0 Å². The van der Waals surface area contributed by atoms with E-state index >= 15 is 0 Å². The fourth-order valence-corrected chi connectivity index (χ4v) is 14.6. The minimum atomic E-state index is -1.15. The molecular formula is C46H67NO5. The maximum atomic E-state index is 14.9. The Morgan fingerprint density at radius 2 is 1.62 bits per heavy atom. The minimum absolute atomic E-state index is 0.106. The predicted molar refractivity (Wildman–Crippen MR) is 205 cm³/mol. The van der Waals surface area contributed by atoms with E-state index in [1.165, 1.54) is 23.1 Å². The zero-order valence-electron chi connectivity index (χ0n) is 33.5. The van der Waals surface area contributed by atoms with Crippen LogP contribution >= 0.6 is 0 Å². The van der Waals surface area contributed by atoms with Crippen LogP contribution in [0.5, 0.6) is 0 Å². The molecule has 1 amide bonds. The number of amides is 1. The molecule has 6 heteroatoms. The Labute approximate surface area is 313 Å². The molecule has 11 atom stereocenters. The zero-order valence-corrected chi connectivity index (χ0v) is 33.5. The number of aryl methyl sites for hydroxylation is 1. The summed E-state index contributed by atoms with van der Waals surface area (Å²) in [6.07, 6.45) is 13.5. The number of hydrogen-bond acceptors (Lipinski definition) is 4. The standard InChI is InChI=1S/C46H67NO5/c1-28(2)30-19-24-46(39(49)47-33-16-12-14-29-13-10-11-15-31(29)33)26-25-44(8)32(38(30)46)17-18-35-43(7)22-21-36(52-37(48)27-41(3,4)40(50)51)42(5,6)34(43)20-23-45(35,44)9/h10-11,13,15,30,32-36,38H,1,12,14,16-27H2,2-9H3,(H,47,49)(H,50,51)/t30-,32+,33?,34-,35+,36-,38+,43-,44+,45+,46-/m0/s1. The van der Waals surface area contributed by atoms with Crippen molar-refractivity contribution in [1.82, 2.24) is 5.32 Å². The number of benzene rings is 1. The Morgan fingerprint density at radius 3 is 2.33 bits per heavy atom. The molecule has 7 rings (SSSR count). The molecule has 1 unspecified atom stereocenters. The molecule has 5 fully saturated rings. The van der Waals surface area contributed by atoms with Crippen LogP contribution in [0.25, 0.3) is 0 Å². The van der Waals surface area contributed by atoms with E-state index in [4.69, 9.17) is 4.74 Å². The fraction of sp³-hybridized carbons (Fsp3) is 0.761. The predicted octanol–water partition coefficient (Wildman–Crippen LogP) is 10.3.